The van der Waals surface area contributed by atoms with Gasteiger partial charge in [-0.3, -0.25) is 0 Å². The van der Waals surface area contributed by atoms with E-state index in [1.165, 1.54) is 0 Å². The van der Waals surface area contributed by atoms with E-state index in [1.54, 1.807) is 23.9 Å². The highest BCUT2D eigenvalue weighted by atomic mass is 32.1. The first-order valence-corrected chi connectivity index (χ1v) is 10.6. The van der Waals surface area contributed by atoms with Crippen LogP contribution in [0, 0.1) is 6.92 Å². The van der Waals surface area contributed by atoms with Gasteiger partial charge in [-0.1, -0.05) is 12.1 Å². The van der Waals surface area contributed by atoms with Gasteiger partial charge in [0, 0.05) is 37.4 Å². The minimum Gasteiger partial charge on any atom is -0.494 e. The SMILES string of the molecule is CCOc1ccc(CN(CCCn2ccnc2)C(=O)NCc2csc(C)n2)cc1. The van der Waals surface area contributed by atoms with Crippen molar-refractivity contribution in [1.82, 2.24) is 24.8 Å². The number of thiazole rings is 1. The first-order chi connectivity index (χ1) is 14.1. The van der Waals surface area contributed by atoms with Crippen molar-refractivity contribution in [1.29, 1.82) is 0 Å². The number of nitrogens with one attached hydrogen (secondary N) is 1. The van der Waals surface area contributed by atoms with Crippen LogP contribution in [0.25, 0.3) is 0 Å². The van der Waals surface area contributed by atoms with Crippen molar-refractivity contribution in [3.05, 3.63) is 64.6 Å². The molecule has 0 spiro atoms. The number of rotatable bonds is 10. The second-order valence-corrected chi connectivity index (χ2v) is 7.73. The number of imidazole rings is 1. The average Bonchev–Trinajstić information content (AvgIpc) is 3.38. The van der Waals surface area contributed by atoms with Gasteiger partial charge in [0.15, 0.2) is 0 Å². The Bertz CT molecular complexity index is 877. The zero-order valence-electron chi connectivity index (χ0n) is 16.9. The summed E-state index contributed by atoms with van der Waals surface area (Å²) in [5.74, 6) is 0.839. The Kier molecular flexibility index (Phi) is 7.63. The molecular weight excluding hydrogens is 386 g/mol. The lowest BCUT2D eigenvalue weighted by atomic mass is 10.2. The van der Waals surface area contributed by atoms with E-state index in [4.69, 9.17) is 4.74 Å². The van der Waals surface area contributed by atoms with Gasteiger partial charge in [-0.05, 0) is 38.0 Å². The number of hydrogen-bond acceptors (Lipinski definition) is 5. The van der Waals surface area contributed by atoms with Gasteiger partial charge in [-0.2, -0.15) is 0 Å². The Morgan fingerprint density at radius 2 is 2.14 bits per heavy atom. The second-order valence-electron chi connectivity index (χ2n) is 6.67. The minimum absolute atomic E-state index is 0.0878. The maximum atomic E-state index is 12.8. The Morgan fingerprint density at radius 3 is 2.79 bits per heavy atom. The number of carbonyl (C=O) groups excluding carboxylic acids is 1. The molecule has 0 fully saturated rings. The fraction of sp³-hybridized carbons (Fsp3) is 0.381. The van der Waals surface area contributed by atoms with Gasteiger partial charge in [0.1, 0.15) is 5.75 Å². The molecule has 29 heavy (non-hydrogen) atoms. The Balaban J connectivity index is 1.60. The number of benzene rings is 1. The third kappa shape index (κ3) is 6.60. The molecular formula is C21H27N5O2S. The van der Waals surface area contributed by atoms with Crippen LogP contribution in [-0.4, -0.2) is 38.6 Å². The minimum atomic E-state index is -0.0878. The number of hydrogen-bond donors (Lipinski definition) is 1. The predicted octanol–water partition coefficient (Wildman–Crippen LogP) is 3.85. The maximum absolute atomic E-state index is 12.8. The summed E-state index contributed by atoms with van der Waals surface area (Å²) in [6.45, 7) is 7.00. The van der Waals surface area contributed by atoms with Crippen LogP contribution < -0.4 is 10.1 Å². The van der Waals surface area contributed by atoms with E-state index >= 15 is 0 Å². The highest BCUT2D eigenvalue weighted by Crippen LogP contribution is 2.14. The normalized spacial score (nSPS) is 10.7. The highest BCUT2D eigenvalue weighted by molar-refractivity contribution is 7.09. The van der Waals surface area contributed by atoms with Crippen LogP contribution in [0.4, 0.5) is 4.79 Å². The lowest BCUT2D eigenvalue weighted by Crippen LogP contribution is -2.40. The molecule has 2 heterocycles. The molecule has 8 heteroatoms. The molecule has 0 atom stereocenters. The molecule has 0 aliphatic heterocycles. The number of aromatic nitrogens is 3. The topological polar surface area (TPSA) is 72.3 Å². The number of nitrogens with zero attached hydrogens (tertiary/aromatic N) is 4. The largest absolute Gasteiger partial charge is 0.494 e. The van der Waals surface area contributed by atoms with E-state index < -0.39 is 0 Å². The molecule has 3 rings (SSSR count). The molecule has 0 saturated heterocycles. The Hall–Kier alpha value is -2.87. The van der Waals surface area contributed by atoms with Crippen LogP contribution in [0.1, 0.15) is 29.6 Å². The van der Waals surface area contributed by atoms with Crippen molar-refractivity contribution in [3.63, 3.8) is 0 Å². The predicted molar refractivity (Wildman–Crippen MR) is 114 cm³/mol. The van der Waals surface area contributed by atoms with Crippen molar-refractivity contribution in [2.75, 3.05) is 13.2 Å². The third-order valence-corrected chi connectivity index (χ3v) is 5.21. The van der Waals surface area contributed by atoms with E-state index in [2.05, 4.69) is 15.3 Å². The number of urea groups is 1. The number of aryl methyl sites for hydroxylation is 2. The molecule has 2 amide bonds. The van der Waals surface area contributed by atoms with Crippen LogP contribution >= 0.6 is 11.3 Å². The van der Waals surface area contributed by atoms with E-state index in [1.807, 2.05) is 59.2 Å². The van der Waals surface area contributed by atoms with Crippen LogP contribution in [0.3, 0.4) is 0 Å². The second kappa shape index (κ2) is 10.6. The van der Waals surface area contributed by atoms with Gasteiger partial charge in [-0.15, -0.1) is 11.3 Å². The van der Waals surface area contributed by atoms with E-state index in [-0.39, 0.29) is 6.03 Å². The van der Waals surface area contributed by atoms with Crippen molar-refractivity contribution in [2.45, 2.75) is 39.9 Å². The number of carbonyl (C=O) groups is 1. The van der Waals surface area contributed by atoms with Gasteiger partial charge in [0.25, 0.3) is 0 Å². The molecule has 1 N–H and O–H groups in total. The summed E-state index contributed by atoms with van der Waals surface area (Å²) < 4.78 is 7.52. The molecule has 0 saturated carbocycles. The van der Waals surface area contributed by atoms with E-state index in [9.17, 15) is 4.79 Å². The van der Waals surface area contributed by atoms with Crippen molar-refractivity contribution in [2.24, 2.45) is 0 Å². The summed E-state index contributed by atoms with van der Waals surface area (Å²) in [7, 11) is 0. The molecule has 154 valence electrons. The van der Waals surface area contributed by atoms with Gasteiger partial charge in [-0.25, -0.2) is 14.8 Å². The summed E-state index contributed by atoms with van der Waals surface area (Å²) in [5.41, 5.74) is 1.95. The summed E-state index contributed by atoms with van der Waals surface area (Å²) >= 11 is 1.59. The lowest BCUT2D eigenvalue weighted by molar-refractivity contribution is 0.193. The van der Waals surface area contributed by atoms with Crippen LogP contribution in [0.5, 0.6) is 5.75 Å². The molecule has 3 aromatic rings. The summed E-state index contributed by atoms with van der Waals surface area (Å²) in [4.78, 5) is 23.1. The first-order valence-electron chi connectivity index (χ1n) is 9.75. The molecule has 2 aromatic heterocycles. The van der Waals surface area contributed by atoms with Crippen molar-refractivity contribution < 1.29 is 9.53 Å². The van der Waals surface area contributed by atoms with Gasteiger partial charge < -0.3 is 19.5 Å². The summed E-state index contributed by atoms with van der Waals surface area (Å²) in [6.07, 6.45) is 6.33. The molecule has 1 aromatic carbocycles. The first kappa shape index (κ1) is 20.9. The standard InChI is InChI=1S/C21H27N5O2S/c1-3-28-20-7-5-18(6-8-20)14-26(11-4-10-25-12-9-22-16-25)21(27)23-13-19-15-29-17(2)24-19/h5-9,12,15-16H,3-4,10-11,13-14H2,1-2H3,(H,23,27). The van der Waals surface area contributed by atoms with Crippen molar-refractivity contribution in [3.8, 4) is 5.75 Å². The van der Waals surface area contributed by atoms with Gasteiger partial charge in [0.05, 0.1) is 30.2 Å². The van der Waals surface area contributed by atoms with Gasteiger partial charge >= 0.3 is 6.03 Å². The molecule has 0 radical (unpaired) electrons. The molecule has 0 aliphatic carbocycles. The fourth-order valence-electron chi connectivity index (χ4n) is 2.96. The molecule has 7 nitrogen and oxygen atoms in total. The quantitative estimate of drug-likeness (QED) is 0.548. The number of amides is 2. The van der Waals surface area contributed by atoms with Crippen LogP contribution in [-0.2, 0) is 19.6 Å². The zero-order valence-corrected chi connectivity index (χ0v) is 17.7. The molecule has 0 unspecified atom stereocenters. The number of ether oxygens (including phenoxy) is 1. The molecule has 0 bridgehead atoms. The smallest absolute Gasteiger partial charge is 0.318 e. The Morgan fingerprint density at radius 1 is 1.31 bits per heavy atom. The van der Waals surface area contributed by atoms with E-state index in [0.29, 0.717) is 26.2 Å². The maximum Gasteiger partial charge on any atom is 0.318 e. The zero-order chi connectivity index (χ0) is 20.5. The fourth-order valence-corrected chi connectivity index (χ4v) is 3.57. The van der Waals surface area contributed by atoms with Crippen molar-refractivity contribution >= 4 is 17.4 Å². The Labute approximate surface area is 175 Å². The highest BCUT2D eigenvalue weighted by Gasteiger charge is 2.14. The molecule has 0 aliphatic rings. The van der Waals surface area contributed by atoms with Gasteiger partial charge in [0.2, 0.25) is 0 Å². The average molecular weight is 414 g/mol. The van der Waals surface area contributed by atoms with Crippen LogP contribution in [0.15, 0.2) is 48.4 Å². The third-order valence-electron chi connectivity index (χ3n) is 4.39. The van der Waals surface area contributed by atoms with Crippen LogP contribution in [0.2, 0.25) is 0 Å². The lowest BCUT2D eigenvalue weighted by Gasteiger charge is -2.23. The monoisotopic (exact) mass is 413 g/mol. The van der Waals surface area contributed by atoms with E-state index in [0.717, 1.165) is 35.0 Å². The summed E-state index contributed by atoms with van der Waals surface area (Å²) in [6, 6.07) is 7.81. The summed E-state index contributed by atoms with van der Waals surface area (Å²) in [5, 5.41) is 5.97.